The fourth-order valence-electron chi connectivity index (χ4n) is 1.41. The molecule has 0 saturated carbocycles. The van der Waals surface area contributed by atoms with Gasteiger partial charge in [-0.1, -0.05) is 0 Å². The normalized spacial score (nSPS) is 31.5. The molecule has 4 heteroatoms. The lowest BCUT2D eigenvalue weighted by Gasteiger charge is -2.32. The average Bonchev–Trinajstić information content (AvgIpc) is 2.04. The molecule has 1 unspecified atom stereocenters. The largest absolute Gasteiger partial charge is 0.304 e. The third kappa shape index (κ3) is 1.70. The first-order valence-electron chi connectivity index (χ1n) is 3.95. The maximum atomic E-state index is 11.2. The van der Waals surface area contributed by atoms with Crippen LogP contribution in [0.3, 0.4) is 0 Å². The second kappa shape index (κ2) is 3.19. The van der Waals surface area contributed by atoms with Crippen LogP contribution in [0.25, 0.3) is 0 Å². The van der Waals surface area contributed by atoms with E-state index in [9.17, 15) is 4.79 Å². The Kier molecular flexibility index (Phi) is 2.46. The highest BCUT2D eigenvalue weighted by Gasteiger charge is 2.33. The van der Waals surface area contributed by atoms with E-state index >= 15 is 0 Å². The minimum atomic E-state index is -0.437. The zero-order valence-electron chi connectivity index (χ0n) is 6.81. The van der Waals surface area contributed by atoms with Gasteiger partial charge in [0.2, 0.25) is 0 Å². The fraction of sp³-hybridized carbons (Fsp3) is 0.857. The monoisotopic (exact) mass is 157 g/mol. The highest BCUT2D eigenvalue weighted by atomic mass is 16.2. The smallest absolute Gasteiger partial charge is 0.253 e. The predicted molar refractivity (Wildman–Crippen MR) is 42.6 cm³/mol. The van der Waals surface area contributed by atoms with Gasteiger partial charge in [-0.25, -0.2) is 5.84 Å². The third-order valence-electron chi connectivity index (χ3n) is 2.25. The summed E-state index contributed by atoms with van der Waals surface area (Å²) in [5, 5.41) is 3.15. The Labute approximate surface area is 66.5 Å². The van der Waals surface area contributed by atoms with Crippen LogP contribution >= 0.6 is 0 Å². The molecule has 1 aliphatic rings. The number of piperidine rings is 1. The van der Waals surface area contributed by atoms with Crippen molar-refractivity contribution in [2.75, 3.05) is 6.54 Å². The summed E-state index contributed by atoms with van der Waals surface area (Å²) in [6.45, 7) is 2.79. The van der Waals surface area contributed by atoms with Gasteiger partial charge in [-0.3, -0.25) is 10.2 Å². The maximum absolute atomic E-state index is 11.2. The van der Waals surface area contributed by atoms with E-state index in [-0.39, 0.29) is 5.91 Å². The predicted octanol–water partition coefficient (Wildman–Crippen LogP) is -0.492. The quantitative estimate of drug-likeness (QED) is 0.273. The number of rotatable bonds is 1. The van der Waals surface area contributed by atoms with Crippen LogP contribution in [-0.4, -0.2) is 18.0 Å². The summed E-state index contributed by atoms with van der Waals surface area (Å²) >= 11 is 0. The van der Waals surface area contributed by atoms with E-state index in [2.05, 4.69) is 10.7 Å². The number of hydrogen-bond acceptors (Lipinski definition) is 3. The number of carbonyl (C=O) groups is 1. The lowest BCUT2D eigenvalue weighted by Crippen LogP contribution is -2.58. The average molecular weight is 157 g/mol. The summed E-state index contributed by atoms with van der Waals surface area (Å²) in [6.07, 6.45) is 3.11. The van der Waals surface area contributed by atoms with Gasteiger partial charge in [0, 0.05) is 0 Å². The summed E-state index contributed by atoms with van der Waals surface area (Å²) < 4.78 is 0. The van der Waals surface area contributed by atoms with Crippen LogP contribution in [-0.2, 0) is 4.79 Å². The number of carbonyl (C=O) groups excluding carboxylic acids is 1. The lowest BCUT2D eigenvalue weighted by atomic mass is 9.90. The van der Waals surface area contributed by atoms with E-state index in [0.29, 0.717) is 0 Å². The van der Waals surface area contributed by atoms with Crippen LogP contribution in [0.5, 0.6) is 0 Å². The summed E-state index contributed by atoms with van der Waals surface area (Å²) in [5.74, 6) is 4.93. The van der Waals surface area contributed by atoms with Crippen LogP contribution in [0, 0.1) is 0 Å². The Bertz CT molecular complexity index is 152. The molecule has 1 heterocycles. The molecule has 4 N–H and O–H groups in total. The summed E-state index contributed by atoms with van der Waals surface area (Å²) in [4.78, 5) is 11.2. The summed E-state index contributed by atoms with van der Waals surface area (Å²) in [6, 6.07) is 0. The van der Waals surface area contributed by atoms with Crippen molar-refractivity contribution in [2.45, 2.75) is 31.7 Å². The Morgan fingerprint density at radius 1 is 1.64 bits per heavy atom. The first-order valence-corrected chi connectivity index (χ1v) is 3.95. The molecule has 1 amide bonds. The number of hydrazine groups is 1. The van der Waals surface area contributed by atoms with Gasteiger partial charge >= 0.3 is 0 Å². The van der Waals surface area contributed by atoms with Crippen molar-refractivity contribution in [2.24, 2.45) is 5.84 Å². The number of nitrogens with two attached hydrogens (primary N) is 1. The van der Waals surface area contributed by atoms with Crippen molar-refractivity contribution in [3.05, 3.63) is 0 Å². The Balaban J connectivity index is 2.56. The minimum absolute atomic E-state index is 0.114. The Morgan fingerprint density at radius 2 is 2.36 bits per heavy atom. The molecule has 0 aliphatic carbocycles. The van der Waals surface area contributed by atoms with Crippen LogP contribution in [0.1, 0.15) is 26.2 Å². The highest BCUT2D eigenvalue weighted by Crippen LogP contribution is 2.17. The molecule has 1 atom stereocenters. The van der Waals surface area contributed by atoms with E-state index in [4.69, 9.17) is 5.84 Å². The van der Waals surface area contributed by atoms with E-state index in [1.807, 2.05) is 6.92 Å². The molecule has 1 aliphatic heterocycles. The Morgan fingerprint density at radius 3 is 2.82 bits per heavy atom. The molecule has 0 bridgehead atoms. The summed E-state index contributed by atoms with van der Waals surface area (Å²) in [5.41, 5.74) is 1.74. The van der Waals surface area contributed by atoms with Gasteiger partial charge in [0.1, 0.15) is 0 Å². The van der Waals surface area contributed by atoms with Gasteiger partial charge in [0.25, 0.3) is 5.91 Å². The van der Waals surface area contributed by atoms with Crippen molar-refractivity contribution in [3.63, 3.8) is 0 Å². The molecule has 4 nitrogen and oxygen atoms in total. The zero-order valence-corrected chi connectivity index (χ0v) is 6.81. The third-order valence-corrected chi connectivity index (χ3v) is 2.25. The van der Waals surface area contributed by atoms with Gasteiger partial charge in [-0.05, 0) is 32.7 Å². The van der Waals surface area contributed by atoms with E-state index in [1.165, 1.54) is 0 Å². The fourth-order valence-corrected chi connectivity index (χ4v) is 1.41. The maximum Gasteiger partial charge on any atom is 0.253 e. The van der Waals surface area contributed by atoms with Crippen molar-refractivity contribution in [3.8, 4) is 0 Å². The van der Waals surface area contributed by atoms with Gasteiger partial charge in [0.15, 0.2) is 0 Å². The van der Waals surface area contributed by atoms with Crippen molar-refractivity contribution < 1.29 is 4.79 Å². The van der Waals surface area contributed by atoms with Crippen molar-refractivity contribution in [1.82, 2.24) is 10.7 Å². The molecule has 1 fully saturated rings. The number of hydrogen-bond donors (Lipinski definition) is 3. The second-order valence-electron chi connectivity index (χ2n) is 3.19. The lowest BCUT2D eigenvalue weighted by molar-refractivity contribution is -0.128. The van der Waals surface area contributed by atoms with Crippen LogP contribution in [0.4, 0.5) is 0 Å². The minimum Gasteiger partial charge on any atom is -0.304 e. The van der Waals surface area contributed by atoms with Crippen molar-refractivity contribution >= 4 is 5.91 Å². The van der Waals surface area contributed by atoms with Gasteiger partial charge in [-0.15, -0.1) is 0 Å². The second-order valence-corrected chi connectivity index (χ2v) is 3.19. The first-order chi connectivity index (χ1) is 5.19. The molecule has 0 aromatic heterocycles. The van der Waals surface area contributed by atoms with Crippen LogP contribution in [0.2, 0.25) is 0 Å². The zero-order chi connectivity index (χ0) is 8.32. The van der Waals surface area contributed by atoms with E-state index in [1.54, 1.807) is 0 Å². The first kappa shape index (κ1) is 8.49. The van der Waals surface area contributed by atoms with Gasteiger partial charge in [0.05, 0.1) is 5.54 Å². The number of nitrogens with one attached hydrogen (secondary N) is 2. The molecule has 1 saturated heterocycles. The molecular formula is C7H15N3O. The molecule has 0 radical (unpaired) electrons. The molecule has 1 rings (SSSR count). The molecular weight excluding hydrogens is 142 g/mol. The SMILES string of the molecule is CC1(C(=O)NN)CCCCN1. The van der Waals surface area contributed by atoms with Crippen molar-refractivity contribution in [1.29, 1.82) is 0 Å². The Hall–Kier alpha value is -0.610. The molecule has 0 aromatic rings. The van der Waals surface area contributed by atoms with Crippen LogP contribution < -0.4 is 16.6 Å². The molecule has 11 heavy (non-hydrogen) atoms. The topological polar surface area (TPSA) is 67.2 Å². The van der Waals surface area contributed by atoms with Gasteiger partial charge < -0.3 is 5.32 Å². The van der Waals surface area contributed by atoms with E-state index < -0.39 is 5.54 Å². The van der Waals surface area contributed by atoms with Gasteiger partial charge in [-0.2, -0.15) is 0 Å². The highest BCUT2D eigenvalue weighted by molar-refractivity contribution is 5.85. The molecule has 0 aromatic carbocycles. The van der Waals surface area contributed by atoms with E-state index in [0.717, 1.165) is 25.8 Å². The summed E-state index contributed by atoms with van der Waals surface area (Å²) in [7, 11) is 0. The standard InChI is InChI=1S/C7H15N3O/c1-7(6(11)10-8)4-2-3-5-9-7/h9H,2-5,8H2,1H3,(H,10,11). The molecule has 64 valence electrons. The van der Waals surface area contributed by atoms with Crippen LogP contribution in [0.15, 0.2) is 0 Å². The molecule has 0 spiro atoms. The number of amides is 1.